The summed E-state index contributed by atoms with van der Waals surface area (Å²) in [6, 6.07) is 13.1. The van der Waals surface area contributed by atoms with Crippen molar-refractivity contribution in [3.8, 4) is 11.5 Å². The number of ether oxygens (including phenoxy) is 1. The van der Waals surface area contributed by atoms with Crippen molar-refractivity contribution in [2.24, 2.45) is 0 Å². The lowest BCUT2D eigenvalue weighted by Crippen LogP contribution is -2.46. The first-order valence-corrected chi connectivity index (χ1v) is 15.4. The summed E-state index contributed by atoms with van der Waals surface area (Å²) >= 11 is 0. The van der Waals surface area contributed by atoms with Crippen molar-refractivity contribution in [3.63, 3.8) is 0 Å². The predicted octanol–water partition coefficient (Wildman–Crippen LogP) is 3.81. The smallest absolute Gasteiger partial charge is 0.267 e. The lowest BCUT2D eigenvalue weighted by Gasteiger charge is -2.19. The molecule has 3 aromatic rings. The Bertz CT molecular complexity index is 1450. The zero-order chi connectivity index (χ0) is 32.2. The molecule has 3 amide bonds. The van der Waals surface area contributed by atoms with Crippen LogP contribution in [0, 0.1) is 0 Å². The van der Waals surface area contributed by atoms with Crippen LogP contribution in [0.1, 0.15) is 54.9 Å². The van der Waals surface area contributed by atoms with E-state index in [1.54, 1.807) is 42.5 Å². The topological polar surface area (TPSA) is 133 Å². The Morgan fingerprint density at radius 2 is 1.84 bits per heavy atom. The second-order valence-electron chi connectivity index (χ2n) is 11.2. The summed E-state index contributed by atoms with van der Waals surface area (Å²) in [5, 5.41) is 19.0. The lowest BCUT2D eigenvalue weighted by molar-refractivity contribution is -0.130. The quantitative estimate of drug-likeness (QED) is 0.178. The number of amides is 3. The maximum absolute atomic E-state index is 13.5. The number of unbranched alkanes of at least 4 members (excludes halogenated alkanes) is 2. The standard InChI is InChI=1S/C33H41F2N5O5/c1-2-3-4-14-38-32(44)29(19-23-6-8-24(41)9-7-23)36-15-5-18-45-25-10-11-28-27(20-25)26(12-16-37-28)31(43)39-21-30(42)40-17-13-33(34,35)22-40/h6-12,16,20,29,36,41H,2-5,13-15,17-19,21-22H2,1H3,(H,38,44)(H,39,43). The molecule has 0 radical (unpaired) electrons. The molecule has 242 valence electrons. The molecule has 4 N–H and O–H groups in total. The average molecular weight is 626 g/mol. The second-order valence-corrected chi connectivity index (χ2v) is 11.2. The van der Waals surface area contributed by atoms with Crippen LogP contribution in [0.25, 0.3) is 10.9 Å². The minimum Gasteiger partial charge on any atom is -0.508 e. The zero-order valence-corrected chi connectivity index (χ0v) is 25.5. The summed E-state index contributed by atoms with van der Waals surface area (Å²) < 4.78 is 32.9. The molecule has 0 saturated carbocycles. The number of halogens is 2. The Hall–Kier alpha value is -4.32. The van der Waals surface area contributed by atoms with Gasteiger partial charge in [0.25, 0.3) is 11.8 Å². The van der Waals surface area contributed by atoms with Gasteiger partial charge >= 0.3 is 0 Å². The summed E-state index contributed by atoms with van der Waals surface area (Å²) in [5.41, 5.74) is 1.77. The molecule has 0 bridgehead atoms. The van der Waals surface area contributed by atoms with Crippen LogP contribution in [0.4, 0.5) is 8.78 Å². The van der Waals surface area contributed by atoms with E-state index in [1.807, 2.05) is 0 Å². The number of hydrogen-bond donors (Lipinski definition) is 4. The first-order valence-electron chi connectivity index (χ1n) is 15.4. The number of benzene rings is 2. The summed E-state index contributed by atoms with van der Waals surface area (Å²) in [6.07, 6.45) is 5.22. The van der Waals surface area contributed by atoms with Crippen LogP contribution in [0.15, 0.2) is 54.7 Å². The molecule has 0 aliphatic carbocycles. The molecule has 12 heteroatoms. The highest BCUT2D eigenvalue weighted by molar-refractivity contribution is 6.07. The van der Waals surface area contributed by atoms with E-state index in [2.05, 4.69) is 27.9 Å². The van der Waals surface area contributed by atoms with Crippen molar-refractivity contribution in [1.29, 1.82) is 0 Å². The fourth-order valence-corrected chi connectivity index (χ4v) is 5.10. The van der Waals surface area contributed by atoms with E-state index < -0.39 is 30.3 Å². The molecular formula is C33H41F2N5O5. The van der Waals surface area contributed by atoms with Gasteiger partial charge in [-0.05, 0) is 67.8 Å². The van der Waals surface area contributed by atoms with Gasteiger partial charge in [0.2, 0.25) is 11.8 Å². The van der Waals surface area contributed by atoms with Crippen molar-refractivity contribution in [1.82, 2.24) is 25.8 Å². The van der Waals surface area contributed by atoms with E-state index in [4.69, 9.17) is 4.74 Å². The largest absolute Gasteiger partial charge is 0.508 e. The predicted molar refractivity (Wildman–Crippen MR) is 166 cm³/mol. The van der Waals surface area contributed by atoms with Crippen molar-refractivity contribution in [2.45, 2.75) is 57.4 Å². The van der Waals surface area contributed by atoms with Crippen LogP contribution in [-0.2, 0) is 16.0 Å². The van der Waals surface area contributed by atoms with E-state index in [0.717, 1.165) is 29.7 Å². The van der Waals surface area contributed by atoms with Crippen molar-refractivity contribution in [2.75, 3.05) is 39.3 Å². The number of nitrogens with one attached hydrogen (secondary N) is 3. The van der Waals surface area contributed by atoms with Crippen LogP contribution < -0.4 is 20.7 Å². The monoisotopic (exact) mass is 625 g/mol. The third-order valence-electron chi connectivity index (χ3n) is 7.63. The fourth-order valence-electron chi connectivity index (χ4n) is 5.10. The van der Waals surface area contributed by atoms with E-state index in [-0.39, 0.29) is 36.7 Å². The van der Waals surface area contributed by atoms with Gasteiger partial charge in [-0.2, -0.15) is 0 Å². The molecule has 1 atom stereocenters. The van der Waals surface area contributed by atoms with Gasteiger partial charge in [-0.25, -0.2) is 8.78 Å². The first-order chi connectivity index (χ1) is 21.6. The van der Waals surface area contributed by atoms with Crippen molar-refractivity contribution < 1.29 is 33.0 Å². The van der Waals surface area contributed by atoms with Gasteiger partial charge in [0.1, 0.15) is 11.5 Å². The molecule has 1 aromatic heterocycles. The molecule has 1 saturated heterocycles. The number of phenols is 1. The maximum atomic E-state index is 13.5. The normalized spacial score (nSPS) is 14.7. The highest BCUT2D eigenvalue weighted by Crippen LogP contribution is 2.27. The number of aromatic nitrogens is 1. The number of carbonyl (C=O) groups excluding carboxylic acids is 3. The summed E-state index contributed by atoms with van der Waals surface area (Å²) in [7, 11) is 0. The first kappa shape index (κ1) is 33.6. The molecule has 45 heavy (non-hydrogen) atoms. The molecule has 2 heterocycles. The molecule has 10 nitrogen and oxygen atoms in total. The molecule has 4 rings (SSSR count). The van der Waals surface area contributed by atoms with Crippen molar-refractivity contribution in [3.05, 3.63) is 65.9 Å². The van der Waals surface area contributed by atoms with Crippen LogP contribution >= 0.6 is 0 Å². The minimum atomic E-state index is -2.90. The van der Waals surface area contributed by atoms with Crippen LogP contribution in [0.5, 0.6) is 11.5 Å². The number of carbonyl (C=O) groups is 3. The number of nitrogens with zero attached hydrogens (tertiary/aromatic N) is 2. The summed E-state index contributed by atoms with van der Waals surface area (Å²) in [5.74, 6) is -3.36. The number of aromatic hydroxyl groups is 1. The molecule has 1 unspecified atom stereocenters. The van der Waals surface area contributed by atoms with E-state index in [0.29, 0.717) is 49.2 Å². The van der Waals surface area contributed by atoms with Gasteiger partial charge in [0.05, 0.1) is 36.8 Å². The summed E-state index contributed by atoms with van der Waals surface area (Å²) in [6.45, 7) is 2.53. The number of likely N-dealkylation sites (tertiary alicyclic amines) is 1. The molecule has 2 aromatic carbocycles. The number of hydrogen-bond acceptors (Lipinski definition) is 7. The van der Waals surface area contributed by atoms with Crippen LogP contribution in [-0.4, -0.2) is 84.0 Å². The molecule has 1 aliphatic heterocycles. The van der Waals surface area contributed by atoms with Crippen LogP contribution in [0.3, 0.4) is 0 Å². The Kier molecular flexibility index (Phi) is 12.0. The highest BCUT2D eigenvalue weighted by Gasteiger charge is 2.40. The maximum Gasteiger partial charge on any atom is 0.267 e. The third-order valence-corrected chi connectivity index (χ3v) is 7.63. The third kappa shape index (κ3) is 10.1. The van der Waals surface area contributed by atoms with Gasteiger partial charge in [0, 0.05) is 31.1 Å². The lowest BCUT2D eigenvalue weighted by atomic mass is 10.0. The average Bonchev–Trinajstić information content (AvgIpc) is 3.41. The molecular weight excluding hydrogens is 584 g/mol. The molecule has 0 spiro atoms. The zero-order valence-electron chi connectivity index (χ0n) is 25.5. The Labute approximate surface area is 261 Å². The minimum absolute atomic E-state index is 0.0403. The van der Waals surface area contributed by atoms with Gasteiger partial charge in [-0.15, -0.1) is 0 Å². The summed E-state index contributed by atoms with van der Waals surface area (Å²) in [4.78, 5) is 43.5. The van der Waals surface area contributed by atoms with E-state index in [1.165, 1.54) is 12.3 Å². The van der Waals surface area contributed by atoms with Gasteiger partial charge in [-0.3, -0.25) is 19.4 Å². The highest BCUT2D eigenvalue weighted by atomic mass is 19.3. The van der Waals surface area contributed by atoms with Gasteiger partial charge in [-0.1, -0.05) is 31.9 Å². The van der Waals surface area contributed by atoms with E-state index in [9.17, 15) is 28.3 Å². The van der Waals surface area contributed by atoms with Crippen LogP contribution in [0.2, 0.25) is 0 Å². The van der Waals surface area contributed by atoms with Gasteiger partial charge in [0.15, 0.2) is 0 Å². The number of pyridine rings is 1. The SMILES string of the molecule is CCCCCNC(=O)C(Cc1ccc(O)cc1)NCCCOc1ccc2nccc(C(=O)NCC(=O)N3CCC(F)(F)C3)c2c1. The van der Waals surface area contributed by atoms with E-state index >= 15 is 0 Å². The Morgan fingerprint density at radius 1 is 1.04 bits per heavy atom. The Balaban J connectivity index is 1.29. The number of fused-ring (bicyclic) bond motifs is 1. The van der Waals surface area contributed by atoms with Gasteiger partial charge < -0.3 is 30.7 Å². The van der Waals surface area contributed by atoms with Crippen molar-refractivity contribution >= 4 is 28.6 Å². The second kappa shape index (κ2) is 16.1. The number of phenolic OH excluding ortho intramolecular Hbond substituents is 1. The fraction of sp³-hybridized carbons (Fsp3) is 0.455. The number of alkyl halides is 2. The molecule has 1 fully saturated rings. The number of rotatable bonds is 16. The Morgan fingerprint density at radius 3 is 2.58 bits per heavy atom. The molecule has 1 aliphatic rings.